The zero-order valence-corrected chi connectivity index (χ0v) is 10.7. The van der Waals surface area contributed by atoms with E-state index in [4.69, 9.17) is 9.68 Å². The second kappa shape index (κ2) is 7.89. The maximum absolute atomic E-state index is 11.5. The quantitative estimate of drug-likeness (QED) is 0.777. The van der Waals surface area contributed by atoms with Gasteiger partial charge in [0.2, 0.25) is 5.91 Å². The number of furan rings is 1. The Hall–Kier alpha value is -2.33. The summed E-state index contributed by atoms with van der Waals surface area (Å²) < 4.78 is 5.03. The molecule has 7 heteroatoms. The van der Waals surface area contributed by atoms with Crippen molar-refractivity contribution in [3.63, 3.8) is 0 Å². The van der Waals surface area contributed by atoms with E-state index < -0.39 is 11.9 Å². The van der Waals surface area contributed by atoms with Gasteiger partial charge in [-0.25, -0.2) is 4.79 Å². The third-order valence-electron chi connectivity index (χ3n) is 2.28. The number of nitrogens with zero attached hydrogens (tertiary/aromatic N) is 2. The van der Waals surface area contributed by atoms with Crippen molar-refractivity contribution >= 4 is 11.9 Å². The standard InChI is InChI=1S/C12H16N4O3/c1-16(6-3-5-13)9-11(17)15-12(18)14-8-10-4-2-7-19-10/h2,4,7H,3,6,8-9H2,1H3,(H2,14,15,17,18). The molecule has 0 radical (unpaired) electrons. The Morgan fingerprint density at radius 1 is 1.53 bits per heavy atom. The lowest BCUT2D eigenvalue weighted by Crippen LogP contribution is -2.43. The van der Waals surface area contributed by atoms with E-state index in [1.54, 1.807) is 24.1 Å². The first kappa shape index (κ1) is 14.7. The molecule has 1 aromatic heterocycles. The van der Waals surface area contributed by atoms with Crippen LogP contribution in [0.4, 0.5) is 4.79 Å². The fraction of sp³-hybridized carbons (Fsp3) is 0.417. The molecule has 0 bridgehead atoms. The van der Waals surface area contributed by atoms with E-state index in [-0.39, 0.29) is 13.1 Å². The summed E-state index contributed by atoms with van der Waals surface area (Å²) in [6.45, 7) is 0.768. The molecule has 0 aliphatic rings. The fourth-order valence-corrected chi connectivity index (χ4v) is 1.36. The fourth-order valence-electron chi connectivity index (χ4n) is 1.36. The van der Waals surface area contributed by atoms with Crippen molar-refractivity contribution in [2.45, 2.75) is 13.0 Å². The van der Waals surface area contributed by atoms with Crippen molar-refractivity contribution in [1.29, 1.82) is 5.26 Å². The highest BCUT2D eigenvalue weighted by molar-refractivity contribution is 5.95. The number of carbonyl (C=O) groups is 2. The molecule has 0 aliphatic heterocycles. The molecule has 0 saturated carbocycles. The summed E-state index contributed by atoms with van der Waals surface area (Å²) in [4.78, 5) is 24.5. The van der Waals surface area contributed by atoms with Crippen LogP contribution in [0, 0.1) is 11.3 Å². The predicted octanol–water partition coefficient (Wildman–Crippen LogP) is 0.451. The summed E-state index contributed by atoms with van der Waals surface area (Å²) in [5.74, 6) is 0.186. The summed E-state index contributed by atoms with van der Waals surface area (Å²) >= 11 is 0. The summed E-state index contributed by atoms with van der Waals surface area (Å²) in [7, 11) is 1.71. The van der Waals surface area contributed by atoms with E-state index in [2.05, 4.69) is 10.6 Å². The number of likely N-dealkylation sites (N-methyl/N-ethyl adjacent to an activating group) is 1. The van der Waals surface area contributed by atoms with Crippen molar-refractivity contribution in [2.75, 3.05) is 20.1 Å². The van der Waals surface area contributed by atoms with Gasteiger partial charge < -0.3 is 9.73 Å². The molecule has 1 rings (SSSR count). The van der Waals surface area contributed by atoms with Gasteiger partial charge in [-0.05, 0) is 19.2 Å². The molecule has 0 fully saturated rings. The highest BCUT2D eigenvalue weighted by atomic mass is 16.3. The maximum atomic E-state index is 11.5. The normalized spacial score (nSPS) is 9.95. The second-order valence-corrected chi connectivity index (χ2v) is 3.96. The highest BCUT2D eigenvalue weighted by Gasteiger charge is 2.10. The van der Waals surface area contributed by atoms with E-state index in [0.29, 0.717) is 18.7 Å². The minimum Gasteiger partial charge on any atom is -0.467 e. The number of rotatable bonds is 6. The number of nitrogens with one attached hydrogen (secondary N) is 2. The van der Waals surface area contributed by atoms with Gasteiger partial charge in [0.15, 0.2) is 0 Å². The molecule has 0 saturated heterocycles. The predicted molar refractivity (Wildman–Crippen MR) is 66.8 cm³/mol. The Balaban J connectivity index is 2.20. The van der Waals surface area contributed by atoms with Gasteiger partial charge in [0.1, 0.15) is 5.76 Å². The van der Waals surface area contributed by atoms with Crippen LogP contribution in [0.2, 0.25) is 0 Å². The molecule has 102 valence electrons. The maximum Gasteiger partial charge on any atom is 0.321 e. The Morgan fingerprint density at radius 2 is 2.32 bits per heavy atom. The molecule has 7 nitrogen and oxygen atoms in total. The molecule has 2 N–H and O–H groups in total. The number of carbonyl (C=O) groups excluding carboxylic acids is 2. The molecule has 3 amide bonds. The smallest absolute Gasteiger partial charge is 0.321 e. The lowest BCUT2D eigenvalue weighted by atomic mass is 10.4. The molecule has 19 heavy (non-hydrogen) atoms. The Kier molecular flexibility index (Phi) is 6.12. The minimum atomic E-state index is -0.574. The van der Waals surface area contributed by atoms with Crippen LogP contribution in [-0.2, 0) is 11.3 Å². The molecule has 0 spiro atoms. The molecule has 1 heterocycles. The lowest BCUT2D eigenvalue weighted by molar-refractivity contribution is -0.120. The van der Waals surface area contributed by atoms with Gasteiger partial charge in [0, 0.05) is 13.0 Å². The molecule has 0 aliphatic carbocycles. The molecule has 0 unspecified atom stereocenters. The van der Waals surface area contributed by atoms with Crippen molar-refractivity contribution in [2.24, 2.45) is 0 Å². The third-order valence-corrected chi connectivity index (χ3v) is 2.28. The average molecular weight is 264 g/mol. The molecular weight excluding hydrogens is 248 g/mol. The summed E-state index contributed by atoms with van der Waals surface area (Å²) in [5, 5.41) is 13.1. The van der Waals surface area contributed by atoms with Crippen molar-refractivity contribution in [3.05, 3.63) is 24.2 Å². The van der Waals surface area contributed by atoms with E-state index in [1.165, 1.54) is 6.26 Å². The van der Waals surface area contributed by atoms with E-state index in [1.807, 2.05) is 6.07 Å². The molecule has 0 atom stereocenters. The van der Waals surface area contributed by atoms with Gasteiger partial charge in [-0.1, -0.05) is 0 Å². The third kappa shape index (κ3) is 6.24. The van der Waals surface area contributed by atoms with E-state index in [0.717, 1.165) is 0 Å². The topological polar surface area (TPSA) is 98.4 Å². The first-order valence-corrected chi connectivity index (χ1v) is 5.77. The lowest BCUT2D eigenvalue weighted by Gasteiger charge is -2.13. The van der Waals surface area contributed by atoms with Crippen molar-refractivity contribution < 1.29 is 14.0 Å². The van der Waals surface area contributed by atoms with Crippen LogP contribution < -0.4 is 10.6 Å². The summed E-state index contributed by atoms with van der Waals surface area (Å²) in [6.07, 6.45) is 1.85. The summed E-state index contributed by atoms with van der Waals surface area (Å²) in [6, 6.07) is 4.84. The highest BCUT2D eigenvalue weighted by Crippen LogP contribution is 1.97. The van der Waals surface area contributed by atoms with Crippen molar-refractivity contribution in [1.82, 2.24) is 15.5 Å². The zero-order valence-electron chi connectivity index (χ0n) is 10.7. The minimum absolute atomic E-state index is 0.0653. The summed E-state index contributed by atoms with van der Waals surface area (Å²) in [5.41, 5.74) is 0. The number of amides is 3. The second-order valence-electron chi connectivity index (χ2n) is 3.96. The Bertz CT molecular complexity index is 450. The van der Waals surface area contributed by atoms with Gasteiger partial charge in [0.25, 0.3) is 0 Å². The number of hydrogen-bond acceptors (Lipinski definition) is 5. The van der Waals surface area contributed by atoms with Gasteiger partial charge >= 0.3 is 6.03 Å². The van der Waals surface area contributed by atoms with E-state index >= 15 is 0 Å². The van der Waals surface area contributed by atoms with Crippen LogP contribution in [0.5, 0.6) is 0 Å². The van der Waals surface area contributed by atoms with Crippen LogP contribution in [0.25, 0.3) is 0 Å². The van der Waals surface area contributed by atoms with Crippen LogP contribution in [0.3, 0.4) is 0 Å². The van der Waals surface area contributed by atoms with Crippen molar-refractivity contribution in [3.8, 4) is 6.07 Å². The van der Waals surface area contributed by atoms with Gasteiger partial charge in [-0.15, -0.1) is 0 Å². The zero-order chi connectivity index (χ0) is 14.1. The van der Waals surface area contributed by atoms with Crippen LogP contribution in [0.15, 0.2) is 22.8 Å². The Labute approximate surface area is 111 Å². The molecule has 1 aromatic rings. The first-order chi connectivity index (χ1) is 9.11. The monoisotopic (exact) mass is 264 g/mol. The largest absolute Gasteiger partial charge is 0.467 e. The van der Waals surface area contributed by atoms with Gasteiger partial charge in [-0.2, -0.15) is 5.26 Å². The van der Waals surface area contributed by atoms with Crippen LogP contribution in [-0.4, -0.2) is 37.0 Å². The number of imide groups is 1. The number of hydrogen-bond donors (Lipinski definition) is 2. The number of nitriles is 1. The van der Waals surface area contributed by atoms with Gasteiger partial charge in [0.05, 0.1) is 25.4 Å². The number of urea groups is 1. The Morgan fingerprint density at radius 3 is 2.95 bits per heavy atom. The molecular formula is C12H16N4O3. The van der Waals surface area contributed by atoms with Crippen LogP contribution in [0.1, 0.15) is 12.2 Å². The SMILES string of the molecule is CN(CCC#N)CC(=O)NC(=O)NCc1ccco1. The van der Waals surface area contributed by atoms with Gasteiger partial charge in [-0.3, -0.25) is 15.0 Å². The molecule has 0 aromatic carbocycles. The average Bonchev–Trinajstić information content (AvgIpc) is 2.86. The van der Waals surface area contributed by atoms with Crippen LogP contribution >= 0.6 is 0 Å². The first-order valence-electron chi connectivity index (χ1n) is 5.77. The van der Waals surface area contributed by atoms with E-state index in [9.17, 15) is 9.59 Å².